The third-order valence-corrected chi connectivity index (χ3v) is 1.92. The van der Waals surface area contributed by atoms with Crippen molar-refractivity contribution in [2.45, 2.75) is 6.54 Å². The van der Waals surface area contributed by atoms with Crippen molar-refractivity contribution in [1.29, 1.82) is 0 Å². The lowest BCUT2D eigenvalue weighted by Gasteiger charge is -2.04. The van der Waals surface area contributed by atoms with Crippen molar-refractivity contribution in [2.24, 2.45) is 5.73 Å². The Labute approximate surface area is 89.0 Å². The molecule has 1 rings (SSSR count). The van der Waals surface area contributed by atoms with Gasteiger partial charge >= 0.3 is 5.97 Å². The molecule has 0 aromatic heterocycles. The Morgan fingerprint density at radius 2 is 2.20 bits per heavy atom. The van der Waals surface area contributed by atoms with E-state index in [1.807, 2.05) is 6.07 Å². The Kier molecular flexibility index (Phi) is 4.80. The number of hydrogen-bond acceptors (Lipinski definition) is 4. The fraction of sp³-hybridized carbons (Fsp3) is 0.364. The first-order valence-electron chi connectivity index (χ1n) is 4.73. The minimum atomic E-state index is -0.345. The maximum absolute atomic E-state index is 11.5. The average molecular weight is 209 g/mol. The van der Waals surface area contributed by atoms with Gasteiger partial charge in [0.05, 0.1) is 12.2 Å². The van der Waals surface area contributed by atoms with E-state index in [4.69, 9.17) is 15.2 Å². The summed E-state index contributed by atoms with van der Waals surface area (Å²) in [6.45, 7) is 1.09. The molecule has 0 fully saturated rings. The largest absolute Gasteiger partial charge is 0.460 e. The van der Waals surface area contributed by atoms with Crippen LogP contribution in [-0.4, -0.2) is 26.3 Å². The molecule has 4 nitrogen and oxygen atoms in total. The van der Waals surface area contributed by atoms with Crippen LogP contribution in [-0.2, 0) is 16.0 Å². The molecular weight excluding hydrogens is 194 g/mol. The van der Waals surface area contributed by atoms with Crippen molar-refractivity contribution in [3.63, 3.8) is 0 Å². The number of esters is 1. The third-order valence-electron chi connectivity index (χ3n) is 1.92. The van der Waals surface area contributed by atoms with E-state index in [1.54, 1.807) is 25.3 Å². The quantitative estimate of drug-likeness (QED) is 0.579. The van der Waals surface area contributed by atoms with Crippen LogP contribution in [0.2, 0.25) is 0 Å². The molecule has 15 heavy (non-hydrogen) atoms. The van der Waals surface area contributed by atoms with E-state index >= 15 is 0 Å². The van der Waals surface area contributed by atoms with Gasteiger partial charge in [-0.3, -0.25) is 0 Å². The van der Waals surface area contributed by atoms with E-state index in [0.29, 0.717) is 18.7 Å². The SMILES string of the molecule is COCCOC(=O)c1cccc(CN)c1. The van der Waals surface area contributed by atoms with Crippen LogP contribution < -0.4 is 5.73 Å². The van der Waals surface area contributed by atoms with E-state index in [2.05, 4.69) is 0 Å². The molecule has 82 valence electrons. The highest BCUT2D eigenvalue weighted by Crippen LogP contribution is 2.06. The Balaban J connectivity index is 2.57. The highest BCUT2D eigenvalue weighted by molar-refractivity contribution is 5.89. The molecule has 4 heteroatoms. The Hall–Kier alpha value is -1.39. The Bertz CT molecular complexity index is 325. The van der Waals surface area contributed by atoms with Crippen molar-refractivity contribution >= 4 is 5.97 Å². The van der Waals surface area contributed by atoms with Crippen molar-refractivity contribution in [2.75, 3.05) is 20.3 Å². The second-order valence-electron chi connectivity index (χ2n) is 3.03. The van der Waals surface area contributed by atoms with Gasteiger partial charge in [-0.2, -0.15) is 0 Å². The number of carbonyl (C=O) groups is 1. The minimum absolute atomic E-state index is 0.266. The van der Waals surface area contributed by atoms with Crippen LogP contribution in [0.5, 0.6) is 0 Å². The van der Waals surface area contributed by atoms with Crippen LogP contribution in [0.3, 0.4) is 0 Å². The summed E-state index contributed by atoms with van der Waals surface area (Å²) >= 11 is 0. The van der Waals surface area contributed by atoms with Gasteiger partial charge in [-0.15, -0.1) is 0 Å². The molecule has 0 unspecified atom stereocenters. The van der Waals surface area contributed by atoms with Gasteiger partial charge in [-0.25, -0.2) is 4.79 Å². The summed E-state index contributed by atoms with van der Waals surface area (Å²) in [6.07, 6.45) is 0. The molecule has 0 aliphatic carbocycles. The van der Waals surface area contributed by atoms with Gasteiger partial charge in [0.15, 0.2) is 0 Å². The van der Waals surface area contributed by atoms with Crippen LogP contribution in [0.4, 0.5) is 0 Å². The van der Waals surface area contributed by atoms with Crippen molar-refractivity contribution < 1.29 is 14.3 Å². The van der Waals surface area contributed by atoms with Crippen LogP contribution in [0, 0.1) is 0 Å². The van der Waals surface area contributed by atoms with E-state index in [1.165, 1.54) is 0 Å². The fourth-order valence-electron chi connectivity index (χ4n) is 1.13. The molecule has 0 radical (unpaired) electrons. The van der Waals surface area contributed by atoms with Gasteiger partial charge in [0, 0.05) is 13.7 Å². The van der Waals surface area contributed by atoms with Crippen molar-refractivity contribution in [3.8, 4) is 0 Å². The molecule has 0 atom stereocenters. The van der Waals surface area contributed by atoms with E-state index < -0.39 is 0 Å². The zero-order chi connectivity index (χ0) is 11.1. The molecule has 0 heterocycles. The van der Waals surface area contributed by atoms with E-state index in [0.717, 1.165) is 5.56 Å². The van der Waals surface area contributed by atoms with Crippen molar-refractivity contribution in [3.05, 3.63) is 35.4 Å². The predicted octanol–water partition coefficient (Wildman–Crippen LogP) is 0.949. The minimum Gasteiger partial charge on any atom is -0.460 e. The summed E-state index contributed by atoms with van der Waals surface area (Å²) in [4.78, 5) is 11.5. The van der Waals surface area contributed by atoms with Crippen LogP contribution in [0.25, 0.3) is 0 Å². The number of rotatable bonds is 5. The highest BCUT2D eigenvalue weighted by Gasteiger charge is 2.06. The number of benzene rings is 1. The summed E-state index contributed by atoms with van der Waals surface area (Å²) in [5, 5.41) is 0. The molecular formula is C11H15NO3. The lowest BCUT2D eigenvalue weighted by atomic mass is 10.1. The third kappa shape index (κ3) is 3.69. The number of ether oxygens (including phenoxy) is 2. The molecule has 0 saturated heterocycles. The molecule has 0 amide bonds. The van der Waals surface area contributed by atoms with Gasteiger partial charge in [0.25, 0.3) is 0 Å². The summed E-state index contributed by atoms with van der Waals surface area (Å²) in [5.41, 5.74) is 6.90. The first kappa shape index (κ1) is 11.7. The molecule has 1 aromatic carbocycles. The number of carbonyl (C=O) groups excluding carboxylic acids is 1. The van der Waals surface area contributed by atoms with Crippen LogP contribution in [0.1, 0.15) is 15.9 Å². The number of hydrogen-bond donors (Lipinski definition) is 1. The zero-order valence-corrected chi connectivity index (χ0v) is 8.73. The van der Waals surface area contributed by atoms with Gasteiger partial charge in [-0.1, -0.05) is 12.1 Å². The van der Waals surface area contributed by atoms with Crippen LogP contribution in [0.15, 0.2) is 24.3 Å². The monoisotopic (exact) mass is 209 g/mol. The molecule has 0 aliphatic rings. The maximum Gasteiger partial charge on any atom is 0.338 e. The highest BCUT2D eigenvalue weighted by atomic mass is 16.6. The van der Waals surface area contributed by atoms with Gasteiger partial charge in [0.1, 0.15) is 6.61 Å². The molecule has 1 aromatic rings. The maximum atomic E-state index is 11.5. The topological polar surface area (TPSA) is 61.5 Å². The second kappa shape index (κ2) is 6.16. The summed E-state index contributed by atoms with van der Waals surface area (Å²) < 4.78 is 9.74. The summed E-state index contributed by atoms with van der Waals surface area (Å²) in [7, 11) is 1.56. The lowest BCUT2D eigenvalue weighted by molar-refractivity contribution is 0.0388. The van der Waals surface area contributed by atoms with Gasteiger partial charge in [-0.05, 0) is 17.7 Å². The van der Waals surface area contributed by atoms with Gasteiger partial charge in [0.2, 0.25) is 0 Å². The first-order chi connectivity index (χ1) is 7.27. The lowest BCUT2D eigenvalue weighted by Crippen LogP contribution is -2.10. The smallest absolute Gasteiger partial charge is 0.338 e. The number of nitrogens with two attached hydrogens (primary N) is 1. The molecule has 2 N–H and O–H groups in total. The van der Waals surface area contributed by atoms with Crippen molar-refractivity contribution in [1.82, 2.24) is 0 Å². The average Bonchev–Trinajstić information content (AvgIpc) is 2.29. The normalized spacial score (nSPS) is 10.0. The predicted molar refractivity (Wildman–Crippen MR) is 56.5 cm³/mol. The molecule has 0 bridgehead atoms. The number of methoxy groups -OCH3 is 1. The molecule has 0 aliphatic heterocycles. The molecule has 0 saturated carbocycles. The van der Waals surface area contributed by atoms with E-state index in [9.17, 15) is 4.79 Å². The second-order valence-corrected chi connectivity index (χ2v) is 3.03. The van der Waals surface area contributed by atoms with Gasteiger partial charge < -0.3 is 15.2 Å². The summed E-state index contributed by atoms with van der Waals surface area (Å²) in [5.74, 6) is -0.345. The standard InChI is InChI=1S/C11H15NO3/c1-14-5-6-15-11(13)10-4-2-3-9(7-10)8-12/h2-4,7H,5-6,8,12H2,1H3. The first-order valence-corrected chi connectivity index (χ1v) is 4.73. The zero-order valence-electron chi connectivity index (χ0n) is 8.73. The Morgan fingerprint density at radius 1 is 1.40 bits per heavy atom. The van der Waals surface area contributed by atoms with Crippen LogP contribution >= 0.6 is 0 Å². The molecule has 0 spiro atoms. The van der Waals surface area contributed by atoms with E-state index in [-0.39, 0.29) is 12.6 Å². The fourth-order valence-corrected chi connectivity index (χ4v) is 1.13. The Morgan fingerprint density at radius 3 is 2.87 bits per heavy atom. The summed E-state index contributed by atoms with van der Waals surface area (Å²) in [6, 6.07) is 7.09.